The van der Waals surface area contributed by atoms with Crippen LogP contribution < -0.4 is 0 Å². The first-order valence-corrected chi connectivity index (χ1v) is 7.19. The Kier molecular flexibility index (Phi) is 5.82. The molecule has 0 radical (unpaired) electrons. The molecule has 0 spiro atoms. The molecule has 0 aliphatic carbocycles. The third-order valence-electron chi connectivity index (χ3n) is 3.22. The van der Waals surface area contributed by atoms with E-state index in [4.69, 9.17) is 25.6 Å². The van der Waals surface area contributed by atoms with E-state index in [1.165, 1.54) is 0 Å². The maximum Gasteiger partial charge on any atom is 0.276 e. The molecular formula is C13H19ClN2O4. The average molecular weight is 303 g/mol. The highest BCUT2D eigenvalue weighted by Gasteiger charge is 2.25. The van der Waals surface area contributed by atoms with E-state index in [0.717, 1.165) is 12.8 Å². The molecule has 0 atom stereocenters. The van der Waals surface area contributed by atoms with Crippen LogP contribution in [0.2, 0.25) is 0 Å². The van der Waals surface area contributed by atoms with Gasteiger partial charge in [0.15, 0.2) is 11.5 Å². The number of piperidine rings is 1. The molecule has 0 bridgehead atoms. The summed E-state index contributed by atoms with van der Waals surface area (Å²) in [7, 11) is 1.57. The lowest BCUT2D eigenvalue weighted by molar-refractivity contribution is 0.0151. The number of aromatic nitrogens is 1. The summed E-state index contributed by atoms with van der Waals surface area (Å²) in [4.78, 5) is 14.0. The highest BCUT2D eigenvalue weighted by atomic mass is 35.5. The summed E-state index contributed by atoms with van der Waals surface area (Å²) in [6, 6.07) is 1.63. The van der Waals surface area contributed by atoms with Crippen LogP contribution in [0.1, 0.15) is 29.1 Å². The largest absolute Gasteiger partial charge is 0.377 e. The number of nitrogens with zero attached hydrogens (tertiary/aromatic N) is 2. The number of ether oxygens (including phenoxy) is 2. The van der Waals surface area contributed by atoms with Gasteiger partial charge in [-0.25, -0.2) is 0 Å². The van der Waals surface area contributed by atoms with Crippen molar-refractivity contribution in [3.63, 3.8) is 0 Å². The van der Waals surface area contributed by atoms with Crippen molar-refractivity contribution in [3.05, 3.63) is 17.5 Å². The standard InChI is InChI=1S/C13H19ClN2O4/c1-18-9-11-8-12(15-20-11)13(17)16-5-2-10(3-6-16)19-7-4-14/h8,10H,2-7,9H2,1H3. The van der Waals surface area contributed by atoms with E-state index in [9.17, 15) is 4.79 Å². The van der Waals surface area contributed by atoms with Crippen LogP contribution in [0.15, 0.2) is 10.6 Å². The molecule has 112 valence electrons. The van der Waals surface area contributed by atoms with Crippen LogP contribution in [-0.2, 0) is 16.1 Å². The fraction of sp³-hybridized carbons (Fsp3) is 0.692. The van der Waals surface area contributed by atoms with Crippen molar-refractivity contribution in [1.29, 1.82) is 0 Å². The molecule has 6 nitrogen and oxygen atoms in total. The number of carbonyl (C=O) groups excluding carboxylic acids is 1. The van der Waals surface area contributed by atoms with Gasteiger partial charge in [-0.2, -0.15) is 0 Å². The second kappa shape index (κ2) is 7.61. The van der Waals surface area contributed by atoms with Gasteiger partial charge in [-0.3, -0.25) is 4.79 Å². The third kappa shape index (κ3) is 3.94. The minimum atomic E-state index is -0.105. The number of halogens is 1. The molecule has 1 saturated heterocycles. The summed E-state index contributed by atoms with van der Waals surface area (Å²) in [6.45, 7) is 2.20. The first-order valence-electron chi connectivity index (χ1n) is 6.66. The molecule has 20 heavy (non-hydrogen) atoms. The molecule has 1 aromatic heterocycles. The molecular weight excluding hydrogens is 284 g/mol. The SMILES string of the molecule is COCc1cc(C(=O)N2CCC(OCCCl)CC2)no1. The van der Waals surface area contributed by atoms with Gasteiger partial charge in [0, 0.05) is 32.1 Å². The van der Waals surface area contributed by atoms with Gasteiger partial charge in [-0.1, -0.05) is 5.16 Å². The lowest BCUT2D eigenvalue weighted by Gasteiger charge is -2.31. The van der Waals surface area contributed by atoms with Gasteiger partial charge in [0.2, 0.25) is 0 Å². The molecule has 1 aliphatic rings. The summed E-state index contributed by atoms with van der Waals surface area (Å²) < 4.78 is 15.5. The minimum Gasteiger partial charge on any atom is -0.377 e. The second-order valence-electron chi connectivity index (χ2n) is 4.66. The highest BCUT2D eigenvalue weighted by molar-refractivity contribution is 6.17. The normalized spacial score (nSPS) is 16.6. The quantitative estimate of drug-likeness (QED) is 0.748. The van der Waals surface area contributed by atoms with E-state index < -0.39 is 0 Å². The predicted molar refractivity (Wildman–Crippen MR) is 72.8 cm³/mol. The summed E-state index contributed by atoms with van der Waals surface area (Å²) in [5, 5.41) is 3.78. The van der Waals surface area contributed by atoms with Crippen molar-refractivity contribution in [1.82, 2.24) is 10.1 Å². The Balaban J connectivity index is 1.84. The third-order valence-corrected chi connectivity index (χ3v) is 3.38. The Labute approximate surface area is 122 Å². The average Bonchev–Trinajstić information content (AvgIpc) is 2.94. The Bertz CT molecular complexity index is 430. The molecule has 0 aromatic carbocycles. The van der Waals surface area contributed by atoms with Crippen molar-refractivity contribution in [2.75, 3.05) is 32.7 Å². The first kappa shape index (κ1) is 15.3. The molecule has 7 heteroatoms. The monoisotopic (exact) mass is 302 g/mol. The van der Waals surface area contributed by atoms with Crippen LogP contribution in [0.25, 0.3) is 0 Å². The van der Waals surface area contributed by atoms with Gasteiger partial charge in [0.25, 0.3) is 5.91 Å². The number of hydrogen-bond donors (Lipinski definition) is 0. The van der Waals surface area contributed by atoms with Crippen LogP contribution in [0.3, 0.4) is 0 Å². The number of amides is 1. The van der Waals surface area contributed by atoms with Gasteiger partial charge < -0.3 is 18.9 Å². The number of methoxy groups -OCH3 is 1. The molecule has 0 unspecified atom stereocenters. The van der Waals surface area contributed by atoms with Crippen molar-refractivity contribution in [2.45, 2.75) is 25.6 Å². The van der Waals surface area contributed by atoms with E-state index in [-0.39, 0.29) is 12.0 Å². The Morgan fingerprint density at radius 1 is 1.55 bits per heavy atom. The maximum atomic E-state index is 12.2. The van der Waals surface area contributed by atoms with Gasteiger partial charge in [0.1, 0.15) is 6.61 Å². The van der Waals surface area contributed by atoms with Crippen molar-refractivity contribution < 1.29 is 18.8 Å². The van der Waals surface area contributed by atoms with E-state index in [1.807, 2.05) is 0 Å². The number of hydrogen-bond acceptors (Lipinski definition) is 5. The Morgan fingerprint density at radius 2 is 2.30 bits per heavy atom. The summed E-state index contributed by atoms with van der Waals surface area (Å²) >= 11 is 5.59. The number of likely N-dealkylation sites (tertiary alicyclic amines) is 1. The second-order valence-corrected chi connectivity index (χ2v) is 5.04. The van der Waals surface area contributed by atoms with Crippen LogP contribution in [0.4, 0.5) is 0 Å². The van der Waals surface area contributed by atoms with Gasteiger partial charge in [0.05, 0.1) is 12.7 Å². The lowest BCUT2D eigenvalue weighted by atomic mass is 10.1. The molecule has 1 fully saturated rings. The first-order chi connectivity index (χ1) is 9.74. The maximum absolute atomic E-state index is 12.2. The lowest BCUT2D eigenvalue weighted by Crippen LogP contribution is -2.41. The zero-order chi connectivity index (χ0) is 14.4. The van der Waals surface area contributed by atoms with Gasteiger partial charge in [-0.05, 0) is 12.8 Å². The van der Waals surface area contributed by atoms with E-state index >= 15 is 0 Å². The topological polar surface area (TPSA) is 64.8 Å². The molecule has 1 aromatic rings. The van der Waals surface area contributed by atoms with Gasteiger partial charge >= 0.3 is 0 Å². The number of rotatable bonds is 6. The zero-order valence-electron chi connectivity index (χ0n) is 11.5. The van der Waals surface area contributed by atoms with Gasteiger partial charge in [-0.15, -0.1) is 11.6 Å². The Morgan fingerprint density at radius 3 is 2.95 bits per heavy atom. The molecule has 1 aliphatic heterocycles. The van der Waals surface area contributed by atoms with Crippen molar-refractivity contribution in [2.24, 2.45) is 0 Å². The molecule has 0 N–H and O–H groups in total. The van der Waals surface area contributed by atoms with E-state index in [1.54, 1.807) is 18.1 Å². The van der Waals surface area contributed by atoms with Crippen molar-refractivity contribution >= 4 is 17.5 Å². The predicted octanol–water partition coefficient (Wildman–Crippen LogP) is 1.68. The molecule has 0 saturated carbocycles. The molecule has 2 heterocycles. The van der Waals surface area contributed by atoms with Crippen LogP contribution in [0, 0.1) is 0 Å². The highest BCUT2D eigenvalue weighted by Crippen LogP contribution is 2.16. The smallest absolute Gasteiger partial charge is 0.276 e. The summed E-state index contributed by atoms with van der Waals surface area (Å²) in [6.07, 6.45) is 1.84. The Hall–Kier alpha value is -1.11. The summed E-state index contributed by atoms with van der Waals surface area (Å²) in [5.41, 5.74) is 0.331. The molecule has 1 amide bonds. The van der Waals surface area contributed by atoms with Crippen LogP contribution in [0.5, 0.6) is 0 Å². The van der Waals surface area contributed by atoms with Crippen molar-refractivity contribution in [3.8, 4) is 0 Å². The van der Waals surface area contributed by atoms with E-state index in [0.29, 0.717) is 43.6 Å². The van der Waals surface area contributed by atoms with E-state index in [2.05, 4.69) is 5.16 Å². The zero-order valence-corrected chi connectivity index (χ0v) is 12.3. The fourth-order valence-corrected chi connectivity index (χ4v) is 2.31. The fourth-order valence-electron chi connectivity index (χ4n) is 2.22. The summed E-state index contributed by atoms with van der Waals surface area (Å²) in [5.74, 6) is 0.948. The molecule has 2 rings (SSSR count). The van der Waals surface area contributed by atoms with Crippen LogP contribution in [-0.4, -0.2) is 54.8 Å². The number of carbonyl (C=O) groups is 1. The van der Waals surface area contributed by atoms with Crippen LogP contribution >= 0.6 is 11.6 Å². The minimum absolute atomic E-state index is 0.105. The number of alkyl halides is 1.